The summed E-state index contributed by atoms with van der Waals surface area (Å²) in [4.78, 5) is 10.8. The molecule has 0 spiro atoms. The predicted molar refractivity (Wildman–Crippen MR) is 58.9 cm³/mol. The molecule has 0 saturated carbocycles. The van der Waals surface area contributed by atoms with E-state index in [9.17, 15) is 9.18 Å². The van der Waals surface area contributed by atoms with Gasteiger partial charge in [0.2, 0.25) is 0 Å². The Morgan fingerprint density at radius 1 is 1.27 bits per heavy atom. The second-order valence-corrected chi connectivity index (χ2v) is 3.68. The van der Waals surface area contributed by atoms with Crippen molar-refractivity contribution in [1.82, 2.24) is 0 Å². The first-order chi connectivity index (χ1) is 6.93. The van der Waals surface area contributed by atoms with E-state index >= 15 is 0 Å². The van der Waals surface area contributed by atoms with Crippen molar-refractivity contribution in [2.45, 2.75) is 20.8 Å². The lowest BCUT2D eigenvalue weighted by molar-refractivity contribution is 0.0996. The number of rotatable bonds is 2. The quantitative estimate of drug-likeness (QED) is 0.796. The first kappa shape index (κ1) is 11.4. The number of primary amides is 1. The molecule has 0 atom stereocenters. The smallest absolute Gasteiger partial charge is 0.251 e. The van der Waals surface area contributed by atoms with Gasteiger partial charge in [-0.05, 0) is 44.0 Å². The minimum atomic E-state index is -0.742. The molecule has 3 heteroatoms. The number of hydrogen-bond donors (Lipinski definition) is 1. The Balaban J connectivity index is 3.24. The Hall–Kier alpha value is -1.64. The highest BCUT2D eigenvalue weighted by Crippen LogP contribution is 2.20. The molecule has 1 amide bonds. The lowest BCUT2D eigenvalue weighted by atomic mass is 10.0. The van der Waals surface area contributed by atoms with Crippen LogP contribution < -0.4 is 5.73 Å². The first-order valence-corrected chi connectivity index (χ1v) is 4.67. The van der Waals surface area contributed by atoms with Crippen LogP contribution in [0.25, 0.3) is 5.57 Å². The van der Waals surface area contributed by atoms with Crippen LogP contribution in [0, 0.1) is 5.82 Å². The standard InChI is InChI=1S/C12H14FNO/c1-7(2)8(3)9-4-5-10(12(14)15)11(13)6-9/h4-6H,1-3H3,(H2,14,15). The molecule has 0 bridgehead atoms. The topological polar surface area (TPSA) is 43.1 Å². The Morgan fingerprint density at radius 3 is 2.27 bits per heavy atom. The highest BCUT2D eigenvalue weighted by Gasteiger charge is 2.09. The maximum Gasteiger partial charge on any atom is 0.251 e. The molecule has 1 aromatic rings. The average Bonchev–Trinajstić information content (AvgIpc) is 2.15. The number of halogens is 1. The second-order valence-electron chi connectivity index (χ2n) is 3.68. The van der Waals surface area contributed by atoms with Crippen LogP contribution in [0.5, 0.6) is 0 Å². The van der Waals surface area contributed by atoms with Gasteiger partial charge in [-0.3, -0.25) is 4.79 Å². The van der Waals surface area contributed by atoms with Crippen LogP contribution in [0.4, 0.5) is 4.39 Å². The molecule has 0 aliphatic heterocycles. The first-order valence-electron chi connectivity index (χ1n) is 4.67. The van der Waals surface area contributed by atoms with E-state index in [0.29, 0.717) is 0 Å². The molecule has 0 unspecified atom stereocenters. The van der Waals surface area contributed by atoms with Crippen LogP contribution in [-0.2, 0) is 0 Å². The molecule has 0 radical (unpaired) electrons. The van der Waals surface area contributed by atoms with Gasteiger partial charge in [-0.1, -0.05) is 11.6 Å². The van der Waals surface area contributed by atoms with Gasteiger partial charge in [0, 0.05) is 0 Å². The number of amides is 1. The van der Waals surface area contributed by atoms with Crippen molar-refractivity contribution >= 4 is 11.5 Å². The molecule has 1 rings (SSSR count). The van der Waals surface area contributed by atoms with Crippen molar-refractivity contribution < 1.29 is 9.18 Å². The van der Waals surface area contributed by atoms with Gasteiger partial charge >= 0.3 is 0 Å². The highest BCUT2D eigenvalue weighted by atomic mass is 19.1. The second kappa shape index (κ2) is 4.26. The van der Waals surface area contributed by atoms with Gasteiger partial charge in [0.15, 0.2) is 0 Å². The normalized spacial score (nSPS) is 9.87. The molecule has 0 aliphatic rings. The van der Waals surface area contributed by atoms with Crippen LogP contribution in [0.3, 0.4) is 0 Å². The van der Waals surface area contributed by atoms with E-state index in [4.69, 9.17) is 5.73 Å². The van der Waals surface area contributed by atoms with E-state index in [1.807, 2.05) is 20.8 Å². The van der Waals surface area contributed by atoms with Crippen LogP contribution in [0.2, 0.25) is 0 Å². The lowest BCUT2D eigenvalue weighted by Gasteiger charge is -2.06. The molecule has 0 aromatic heterocycles. The van der Waals surface area contributed by atoms with Crippen molar-refractivity contribution in [2.24, 2.45) is 5.73 Å². The number of carbonyl (C=O) groups is 1. The SMILES string of the molecule is CC(C)=C(C)c1ccc(C(N)=O)c(F)c1. The van der Waals surface area contributed by atoms with Crippen LogP contribution in [0.15, 0.2) is 23.8 Å². The number of benzene rings is 1. The van der Waals surface area contributed by atoms with Crippen molar-refractivity contribution in [1.29, 1.82) is 0 Å². The van der Waals surface area contributed by atoms with Crippen LogP contribution >= 0.6 is 0 Å². The van der Waals surface area contributed by atoms with E-state index in [-0.39, 0.29) is 5.56 Å². The fourth-order valence-corrected chi connectivity index (χ4v) is 1.24. The Bertz CT molecular complexity index is 431. The highest BCUT2D eigenvalue weighted by molar-refractivity contribution is 5.93. The molecule has 0 saturated heterocycles. The number of allylic oxidation sites excluding steroid dienone is 2. The summed E-state index contributed by atoms with van der Waals surface area (Å²) in [5, 5.41) is 0. The largest absolute Gasteiger partial charge is 0.366 e. The zero-order valence-corrected chi connectivity index (χ0v) is 9.10. The maximum absolute atomic E-state index is 13.4. The summed E-state index contributed by atoms with van der Waals surface area (Å²) in [6.45, 7) is 5.82. The fraction of sp³-hybridized carbons (Fsp3) is 0.250. The molecule has 80 valence electrons. The zero-order chi connectivity index (χ0) is 11.6. The van der Waals surface area contributed by atoms with Gasteiger partial charge in [-0.25, -0.2) is 4.39 Å². The van der Waals surface area contributed by atoms with Gasteiger partial charge in [-0.15, -0.1) is 0 Å². The van der Waals surface area contributed by atoms with Gasteiger partial charge < -0.3 is 5.73 Å². The van der Waals surface area contributed by atoms with Crippen molar-refractivity contribution in [3.8, 4) is 0 Å². The van der Waals surface area contributed by atoms with Crippen LogP contribution in [0.1, 0.15) is 36.7 Å². The van der Waals surface area contributed by atoms with Crippen LogP contribution in [-0.4, -0.2) is 5.91 Å². The molecule has 2 N–H and O–H groups in total. The van der Waals surface area contributed by atoms with E-state index < -0.39 is 11.7 Å². The van der Waals surface area contributed by atoms with Gasteiger partial charge in [0.25, 0.3) is 5.91 Å². The molecular formula is C12H14FNO. The summed E-state index contributed by atoms with van der Waals surface area (Å²) in [6.07, 6.45) is 0. The molecular weight excluding hydrogens is 193 g/mol. The third kappa shape index (κ3) is 2.43. The Labute approximate surface area is 88.6 Å². The maximum atomic E-state index is 13.4. The minimum Gasteiger partial charge on any atom is -0.366 e. The summed E-state index contributed by atoms with van der Waals surface area (Å²) in [6, 6.07) is 4.45. The molecule has 15 heavy (non-hydrogen) atoms. The summed E-state index contributed by atoms with van der Waals surface area (Å²) < 4.78 is 13.4. The van der Waals surface area contributed by atoms with Gasteiger partial charge in [0.05, 0.1) is 5.56 Å². The van der Waals surface area contributed by atoms with E-state index in [0.717, 1.165) is 16.7 Å². The van der Waals surface area contributed by atoms with E-state index in [1.54, 1.807) is 6.07 Å². The Morgan fingerprint density at radius 2 is 1.87 bits per heavy atom. The molecule has 0 fully saturated rings. The molecule has 2 nitrogen and oxygen atoms in total. The van der Waals surface area contributed by atoms with Gasteiger partial charge in [-0.2, -0.15) is 0 Å². The number of hydrogen-bond acceptors (Lipinski definition) is 1. The minimum absolute atomic E-state index is 0.0692. The summed E-state index contributed by atoms with van der Waals surface area (Å²) in [5.74, 6) is -1.31. The average molecular weight is 207 g/mol. The van der Waals surface area contributed by atoms with Crippen molar-refractivity contribution in [3.05, 3.63) is 40.7 Å². The van der Waals surface area contributed by atoms with Crippen molar-refractivity contribution in [3.63, 3.8) is 0 Å². The molecule has 0 heterocycles. The molecule has 0 aliphatic carbocycles. The predicted octanol–water partition coefficient (Wildman–Crippen LogP) is 2.74. The monoisotopic (exact) mass is 207 g/mol. The summed E-state index contributed by atoms with van der Waals surface area (Å²) >= 11 is 0. The van der Waals surface area contributed by atoms with E-state index in [2.05, 4.69) is 0 Å². The Kier molecular flexibility index (Phi) is 3.24. The number of carbonyl (C=O) groups excluding carboxylic acids is 1. The van der Waals surface area contributed by atoms with E-state index in [1.165, 1.54) is 12.1 Å². The number of nitrogens with two attached hydrogens (primary N) is 1. The lowest BCUT2D eigenvalue weighted by Crippen LogP contribution is -2.13. The third-order valence-corrected chi connectivity index (χ3v) is 2.42. The van der Waals surface area contributed by atoms with Crippen molar-refractivity contribution in [2.75, 3.05) is 0 Å². The third-order valence-electron chi connectivity index (χ3n) is 2.42. The van der Waals surface area contributed by atoms with Gasteiger partial charge in [0.1, 0.15) is 5.82 Å². The summed E-state index contributed by atoms with van der Waals surface area (Å²) in [5.41, 5.74) is 7.83. The summed E-state index contributed by atoms with van der Waals surface area (Å²) in [7, 11) is 0. The fourth-order valence-electron chi connectivity index (χ4n) is 1.24. The molecule has 1 aromatic carbocycles. The zero-order valence-electron chi connectivity index (χ0n) is 9.10.